The Kier molecular flexibility index (Phi) is 5.48. The molecular weight excluding hydrogens is 352 g/mol. The van der Waals surface area contributed by atoms with Crippen molar-refractivity contribution in [2.45, 2.75) is 71.4 Å². The molecule has 0 aromatic carbocycles. The normalized spacial score (nSPS) is 31.8. The van der Waals surface area contributed by atoms with Gasteiger partial charge in [0.05, 0.1) is 0 Å². The second-order valence-electron chi connectivity index (χ2n) is 9.81. The number of amides is 2. The van der Waals surface area contributed by atoms with Gasteiger partial charge in [0, 0.05) is 30.9 Å². The zero-order chi connectivity index (χ0) is 19.7. The van der Waals surface area contributed by atoms with E-state index in [0.29, 0.717) is 6.54 Å². The summed E-state index contributed by atoms with van der Waals surface area (Å²) in [6.45, 7) is 5.39. The highest BCUT2D eigenvalue weighted by atomic mass is 16.2. The van der Waals surface area contributed by atoms with Gasteiger partial charge in [-0.3, -0.25) is 14.3 Å². The molecule has 28 heavy (non-hydrogen) atoms. The van der Waals surface area contributed by atoms with E-state index in [0.717, 1.165) is 50.0 Å². The molecule has 4 saturated carbocycles. The van der Waals surface area contributed by atoms with Crippen LogP contribution in [0.5, 0.6) is 0 Å². The summed E-state index contributed by atoms with van der Waals surface area (Å²) in [5.41, 5.74) is -0.206. The van der Waals surface area contributed by atoms with E-state index < -0.39 is 6.04 Å². The van der Waals surface area contributed by atoms with Gasteiger partial charge >= 0.3 is 0 Å². The number of aromatic nitrogens is 2. The van der Waals surface area contributed by atoms with Gasteiger partial charge in [0.2, 0.25) is 11.8 Å². The molecule has 0 aliphatic heterocycles. The van der Waals surface area contributed by atoms with Gasteiger partial charge in [-0.2, -0.15) is 5.10 Å². The van der Waals surface area contributed by atoms with Crippen molar-refractivity contribution in [3.63, 3.8) is 0 Å². The highest BCUT2D eigenvalue weighted by Crippen LogP contribution is 2.60. The molecule has 6 heteroatoms. The van der Waals surface area contributed by atoms with E-state index in [4.69, 9.17) is 0 Å². The largest absolute Gasteiger partial charge is 0.354 e. The summed E-state index contributed by atoms with van der Waals surface area (Å²) in [5.74, 6) is 2.33. The maximum atomic E-state index is 13.3. The van der Waals surface area contributed by atoms with Crippen LogP contribution in [0.4, 0.5) is 0 Å². The highest BCUT2D eigenvalue weighted by Gasteiger charge is 2.55. The molecule has 0 spiro atoms. The maximum absolute atomic E-state index is 13.3. The van der Waals surface area contributed by atoms with Crippen LogP contribution >= 0.6 is 0 Å². The fourth-order valence-electron chi connectivity index (χ4n) is 6.21. The van der Waals surface area contributed by atoms with Crippen molar-refractivity contribution in [1.29, 1.82) is 0 Å². The number of hydrogen-bond acceptors (Lipinski definition) is 3. The Labute approximate surface area is 167 Å². The van der Waals surface area contributed by atoms with Crippen LogP contribution in [0, 0.1) is 29.1 Å². The summed E-state index contributed by atoms with van der Waals surface area (Å²) in [4.78, 5) is 26.1. The zero-order valence-electron chi connectivity index (χ0n) is 17.2. The molecular formula is C22H34N4O2. The van der Waals surface area contributed by atoms with Gasteiger partial charge in [0.25, 0.3) is 0 Å². The summed E-state index contributed by atoms with van der Waals surface area (Å²) < 4.78 is 1.86. The summed E-state index contributed by atoms with van der Waals surface area (Å²) in [6.07, 6.45) is 11.5. The molecule has 4 aliphatic carbocycles. The molecule has 5 rings (SSSR count). The SMILES string of the molecule is CC(C)[C@@H](NC(=O)C12CC3CC(CC(C3)C1)C2)C(=O)NCCCn1cccn1. The Bertz CT molecular complexity index is 662. The average molecular weight is 387 g/mol. The number of carbonyl (C=O) groups excluding carboxylic acids is 2. The van der Waals surface area contributed by atoms with E-state index in [1.807, 2.05) is 30.8 Å². The van der Waals surface area contributed by atoms with Gasteiger partial charge < -0.3 is 10.6 Å². The van der Waals surface area contributed by atoms with Crippen LogP contribution in [0.2, 0.25) is 0 Å². The van der Waals surface area contributed by atoms with Crippen molar-refractivity contribution >= 4 is 11.8 Å². The van der Waals surface area contributed by atoms with Crippen molar-refractivity contribution in [1.82, 2.24) is 20.4 Å². The summed E-state index contributed by atoms with van der Waals surface area (Å²) >= 11 is 0. The predicted molar refractivity (Wildman–Crippen MR) is 107 cm³/mol. The summed E-state index contributed by atoms with van der Waals surface area (Å²) in [7, 11) is 0. The van der Waals surface area contributed by atoms with E-state index in [-0.39, 0.29) is 23.1 Å². The minimum absolute atomic E-state index is 0.0615. The lowest BCUT2D eigenvalue weighted by molar-refractivity contribution is -0.149. The Morgan fingerprint density at radius 3 is 2.32 bits per heavy atom. The fourth-order valence-corrected chi connectivity index (χ4v) is 6.21. The lowest BCUT2D eigenvalue weighted by Crippen LogP contribution is -2.58. The van der Waals surface area contributed by atoms with E-state index in [1.165, 1.54) is 19.3 Å². The number of rotatable bonds is 8. The lowest BCUT2D eigenvalue weighted by atomic mass is 9.49. The molecule has 6 nitrogen and oxygen atoms in total. The maximum Gasteiger partial charge on any atom is 0.242 e. The molecule has 2 N–H and O–H groups in total. The van der Waals surface area contributed by atoms with Gasteiger partial charge in [0.15, 0.2) is 0 Å². The molecule has 4 fully saturated rings. The number of nitrogens with one attached hydrogen (secondary N) is 2. The monoisotopic (exact) mass is 386 g/mol. The lowest BCUT2D eigenvalue weighted by Gasteiger charge is -2.55. The smallest absolute Gasteiger partial charge is 0.242 e. The Hall–Kier alpha value is -1.85. The van der Waals surface area contributed by atoms with Crippen molar-refractivity contribution in [3.8, 4) is 0 Å². The van der Waals surface area contributed by atoms with Crippen LogP contribution in [0.1, 0.15) is 58.8 Å². The second-order valence-corrected chi connectivity index (χ2v) is 9.81. The van der Waals surface area contributed by atoms with Crippen LogP contribution in [0.25, 0.3) is 0 Å². The molecule has 0 radical (unpaired) electrons. The van der Waals surface area contributed by atoms with Gasteiger partial charge in [0.1, 0.15) is 6.04 Å². The average Bonchev–Trinajstić information content (AvgIpc) is 3.15. The topological polar surface area (TPSA) is 76.0 Å². The van der Waals surface area contributed by atoms with Gasteiger partial charge in [-0.1, -0.05) is 13.8 Å². The van der Waals surface area contributed by atoms with Crippen LogP contribution < -0.4 is 10.6 Å². The van der Waals surface area contributed by atoms with E-state index in [9.17, 15) is 9.59 Å². The van der Waals surface area contributed by atoms with Crippen molar-refractivity contribution in [3.05, 3.63) is 18.5 Å². The molecule has 0 saturated heterocycles. The van der Waals surface area contributed by atoms with E-state index >= 15 is 0 Å². The number of nitrogens with zero attached hydrogens (tertiary/aromatic N) is 2. The molecule has 154 valence electrons. The molecule has 1 atom stereocenters. The number of carbonyl (C=O) groups is 2. The molecule has 1 aromatic rings. The molecule has 0 unspecified atom stereocenters. The number of aryl methyl sites for hydroxylation is 1. The highest BCUT2D eigenvalue weighted by molar-refractivity contribution is 5.90. The Balaban J connectivity index is 1.31. The minimum atomic E-state index is -0.454. The van der Waals surface area contributed by atoms with Crippen molar-refractivity contribution in [2.24, 2.45) is 29.1 Å². The Morgan fingerprint density at radius 1 is 1.14 bits per heavy atom. The van der Waals surface area contributed by atoms with Crippen LogP contribution in [0.15, 0.2) is 18.5 Å². The fraction of sp³-hybridized carbons (Fsp3) is 0.773. The first-order valence-corrected chi connectivity index (χ1v) is 11.0. The number of hydrogen-bond donors (Lipinski definition) is 2. The van der Waals surface area contributed by atoms with E-state index in [2.05, 4.69) is 15.7 Å². The van der Waals surface area contributed by atoms with Gasteiger partial charge in [-0.15, -0.1) is 0 Å². The first-order valence-electron chi connectivity index (χ1n) is 11.0. The minimum Gasteiger partial charge on any atom is -0.354 e. The third kappa shape index (κ3) is 3.96. The molecule has 4 bridgehead atoms. The molecule has 1 heterocycles. The Morgan fingerprint density at radius 2 is 1.79 bits per heavy atom. The van der Waals surface area contributed by atoms with Crippen LogP contribution in [0.3, 0.4) is 0 Å². The zero-order valence-corrected chi connectivity index (χ0v) is 17.2. The van der Waals surface area contributed by atoms with E-state index in [1.54, 1.807) is 6.20 Å². The van der Waals surface area contributed by atoms with Crippen molar-refractivity contribution < 1.29 is 9.59 Å². The second kappa shape index (κ2) is 7.88. The first kappa shape index (κ1) is 19.5. The summed E-state index contributed by atoms with van der Waals surface area (Å²) in [5, 5.41) is 10.3. The van der Waals surface area contributed by atoms with Gasteiger partial charge in [-0.05, 0) is 74.7 Å². The van der Waals surface area contributed by atoms with Crippen LogP contribution in [-0.4, -0.2) is 34.2 Å². The molecule has 1 aromatic heterocycles. The summed E-state index contributed by atoms with van der Waals surface area (Å²) in [6, 6.07) is 1.44. The molecule has 2 amide bonds. The van der Waals surface area contributed by atoms with Crippen LogP contribution in [-0.2, 0) is 16.1 Å². The third-order valence-electron chi connectivity index (χ3n) is 7.18. The first-order chi connectivity index (χ1) is 13.4. The van der Waals surface area contributed by atoms with Crippen molar-refractivity contribution in [2.75, 3.05) is 6.54 Å². The quantitative estimate of drug-likeness (QED) is 0.675. The molecule has 4 aliphatic rings. The standard InChI is InChI=1S/C22H34N4O2/c1-15(2)19(20(27)23-5-3-7-26-8-4-6-24-26)25-21(28)22-12-16-9-17(13-22)11-18(10-16)14-22/h4,6,8,15-19H,3,5,7,9-14H2,1-2H3,(H,23,27)(H,25,28)/t16?,17?,18?,19-,22?/m1/s1. The third-order valence-corrected chi connectivity index (χ3v) is 7.18. The van der Waals surface area contributed by atoms with Gasteiger partial charge in [-0.25, -0.2) is 0 Å². The predicted octanol–water partition coefficient (Wildman–Crippen LogP) is 2.75.